The molecular formula is C23H21BrINO6S. The number of hydrogen-bond donors (Lipinski definition) is 0. The summed E-state index contributed by atoms with van der Waals surface area (Å²) in [5.74, 6) is -0.169. The molecule has 3 rings (SSSR count). The van der Waals surface area contributed by atoms with Crippen LogP contribution in [0.5, 0.6) is 11.5 Å². The normalized spacial score (nSPS) is 15.7. The van der Waals surface area contributed by atoms with Crippen molar-refractivity contribution >= 4 is 73.5 Å². The molecule has 0 bridgehead atoms. The van der Waals surface area contributed by atoms with E-state index in [0.29, 0.717) is 28.1 Å². The minimum atomic E-state index is -0.998. The number of rotatable bonds is 8. The van der Waals surface area contributed by atoms with E-state index in [2.05, 4.69) is 38.5 Å². The number of ether oxygens (including phenoxy) is 3. The number of nitrogens with zero attached hydrogens (tertiary/aromatic N) is 1. The number of esters is 1. The quantitative estimate of drug-likeness (QED) is 0.209. The van der Waals surface area contributed by atoms with Crippen molar-refractivity contribution in [3.63, 3.8) is 0 Å². The molecule has 0 saturated carbocycles. The Morgan fingerprint density at radius 1 is 1.24 bits per heavy atom. The summed E-state index contributed by atoms with van der Waals surface area (Å²) in [4.78, 5) is 38.3. The topological polar surface area (TPSA) is 82.1 Å². The highest BCUT2D eigenvalue weighted by Gasteiger charge is 2.41. The lowest BCUT2D eigenvalue weighted by Crippen LogP contribution is -2.42. The smallest absolute Gasteiger partial charge is 0.329 e. The molecule has 0 radical (unpaired) electrons. The second-order valence-electron chi connectivity index (χ2n) is 6.93. The summed E-state index contributed by atoms with van der Waals surface area (Å²) >= 11 is 6.53. The van der Waals surface area contributed by atoms with Crippen molar-refractivity contribution < 1.29 is 28.6 Å². The van der Waals surface area contributed by atoms with Gasteiger partial charge in [-0.25, -0.2) is 4.79 Å². The van der Waals surface area contributed by atoms with Crippen molar-refractivity contribution in [1.29, 1.82) is 0 Å². The van der Waals surface area contributed by atoms with Gasteiger partial charge < -0.3 is 14.2 Å². The molecule has 0 aromatic heterocycles. The largest absolute Gasteiger partial charge is 0.493 e. The Kier molecular flexibility index (Phi) is 8.82. The van der Waals surface area contributed by atoms with E-state index in [0.717, 1.165) is 25.8 Å². The van der Waals surface area contributed by atoms with Crippen LogP contribution in [0.2, 0.25) is 0 Å². The van der Waals surface area contributed by atoms with Crippen LogP contribution in [-0.4, -0.2) is 41.8 Å². The summed E-state index contributed by atoms with van der Waals surface area (Å²) in [6.07, 6.45) is 1.58. The van der Waals surface area contributed by atoms with Crippen molar-refractivity contribution in [2.45, 2.75) is 26.5 Å². The number of imide groups is 1. The van der Waals surface area contributed by atoms with Crippen LogP contribution < -0.4 is 9.47 Å². The molecule has 0 spiro atoms. The third-order valence-corrected chi connectivity index (χ3v) is 6.88. The Morgan fingerprint density at radius 2 is 1.94 bits per heavy atom. The van der Waals surface area contributed by atoms with Crippen molar-refractivity contribution in [3.8, 4) is 11.5 Å². The minimum absolute atomic E-state index is 0.168. The molecule has 174 valence electrons. The molecule has 0 unspecified atom stereocenters. The maximum Gasteiger partial charge on any atom is 0.329 e. The fourth-order valence-corrected chi connectivity index (χ4v) is 4.87. The minimum Gasteiger partial charge on any atom is -0.493 e. The van der Waals surface area contributed by atoms with Crippen LogP contribution in [0.25, 0.3) is 6.08 Å². The monoisotopic (exact) mass is 645 g/mol. The van der Waals surface area contributed by atoms with Gasteiger partial charge in [0.25, 0.3) is 11.1 Å². The maximum absolute atomic E-state index is 12.8. The molecule has 1 atom stereocenters. The fraction of sp³-hybridized carbons (Fsp3) is 0.261. The maximum atomic E-state index is 12.8. The summed E-state index contributed by atoms with van der Waals surface area (Å²) in [6, 6.07) is 10.5. The van der Waals surface area contributed by atoms with Crippen LogP contribution in [0.15, 0.2) is 45.8 Å². The zero-order chi connectivity index (χ0) is 24.1. The molecule has 0 N–H and O–H groups in total. The molecule has 1 heterocycles. The third-order valence-electron chi connectivity index (χ3n) is 4.68. The SMILES string of the molecule is CCOC(=O)[C@H](C)N1C(=O)S/C(=C/c2cc(Br)c(OCc3ccc(I)cc3)c(OC)c2)C1=O. The van der Waals surface area contributed by atoms with Crippen molar-refractivity contribution in [1.82, 2.24) is 4.90 Å². The van der Waals surface area contributed by atoms with Gasteiger partial charge in [-0.2, -0.15) is 0 Å². The van der Waals surface area contributed by atoms with Crippen LogP contribution in [0.4, 0.5) is 4.79 Å². The average molecular weight is 646 g/mol. The van der Waals surface area contributed by atoms with Gasteiger partial charge in [-0.05, 0) is 106 Å². The highest BCUT2D eigenvalue weighted by Crippen LogP contribution is 2.40. The predicted molar refractivity (Wildman–Crippen MR) is 138 cm³/mol. The summed E-state index contributed by atoms with van der Waals surface area (Å²) in [7, 11) is 1.53. The molecule has 7 nitrogen and oxygen atoms in total. The highest BCUT2D eigenvalue weighted by molar-refractivity contribution is 14.1. The van der Waals surface area contributed by atoms with Crippen LogP contribution in [0, 0.1) is 3.57 Å². The standard InChI is InChI=1S/C23H21BrINO6S/c1-4-31-22(28)13(2)26-21(27)19(33-23(26)29)11-15-9-17(24)20(18(10-15)30-3)32-12-14-5-7-16(25)8-6-14/h5-11,13H,4,12H2,1-3H3/b19-11+/t13-/m0/s1. The number of amides is 2. The molecule has 10 heteroatoms. The lowest BCUT2D eigenvalue weighted by atomic mass is 10.1. The molecule has 1 aliphatic rings. The molecule has 1 fully saturated rings. The molecule has 1 saturated heterocycles. The molecular weight excluding hydrogens is 625 g/mol. The van der Waals surface area contributed by atoms with Gasteiger partial charge in [0, 0.05) is 3.57 Å². The number of thioether (sulfide) groups is 1. The van der Waals surface area contributed by atoms with Crippen LogP contribution in [0.1, 0.15) is 25.0 Å². The molecule has 33 heavy (non-hydrogen) atoms. The number of carbonyl (C=O) groups is 3. The predicted octanol–water partition coefficient (Wildman–Crippen LogP) is 5.63. The van der Waals surface area contributed by atoms with E-state index in [9.17, 15) is 14.4 Å². The van der Waals surface area contributed by atoms with Gasteiger partial charge in [-0.15, -0.1) is 0 Å². The van der Waals surface area contributed by atoms with E-state index in [-0.39, 0.29) is 11.5 Å². The van der Waals surface area contributed by atoms with E-state index >= 15 is 0 Å². The molecule has 2 aromatic carbocycles. The average Bonchev–Trinajstić information content (AvgIpc) is 3.06. The Hall–Kier alpha value is -2.05. The lowest BCUT2D eigenvalue weighted by Gasteiger charge is -2.19. The van der Waals surface area contributed by atoms with Crippen molar-refractivity contribution in [2.24, 2.45) is 0 Å². The first-order chi connectivity index (χ1) is 15.7. The van der Waals surface area contributed by atoms with Gasteiger partial charge in [0.1, 0.15) is 12.6 Å². The number of benzene rings is 2. The zero-order valence-electron chi connectivity index (χ0n) is 18.1. The first kappa shape index (κ1) is 25.6. The van der Waals surface area contributed by atoms with Gasteiger partial charge >= 0.3 is 5.97 Å². The lowest BCUT2D eigenvalue weighted by molar-refractivity contribution is -0.150. The Labute approximate surface area is 218 Å². The van der Waals surface area contributed by atoms with Crippen LogP contribution >= 0.6 is 50.3 Å². The summed E-state index contributed by atoms with van der Waals surface area (Å²) < 4.78 is 18.2. The Balaban J connectivity index is 1.81. The molecule has 0 aliphatic carbocycles. The van der Waals surface area contributed by atoms with Crippen molar-refractivity contribution in [2.75, 3.05) is 13.7 Å². The van der Waals surface area contributed by atoms with Gasteiger partial charge in [-0.3, -0.25) is 14.5 Å². The highest BCUT2D eigenvalue weighted by atomic mass is 127. The van der Waals surface area contributed by atoms with Crippen LogP contribution in [-0.2, 0) is 20.9 Å². The van der Waals surface area contributed by atoms with Crippen LogP contribution in [0.3, 0.4) is 0 Å². The Morgan fingerprint density at radius 3 is 2.58 bits per heavy atom. The third kappa shape index (κ3) is 6.10. The van der Waals surface area contributed by atoms with E-state index in [1.165, 1.54) is 14.0 Å². The second-order valence-corrected chi connectivity index (χ2v) is 10.0. The zero-order valence-corrected chi connectivity index (χ0v) is 22.7. The van der Waals surface area contributed by atoms with E-state index in [4.69, 9.17) is 14.2 Å². The van der Waals surface area contributed by atoms with E-state index < -0.39 is 23.2 Å². The fourth-order valence-electron chi connectivity index (χ4n) is 3.03. The number of methoxy groups -OCH3 is 1. The van der Waals surface area contributed by atoms with Crippen molar-refractivity contribution in [3.05, 3.63) is 60.5 Å². The first-order valence-corrected chi connectivity index (χ1v) is 12.6. The second kappa shape index (κ2) is 11.4. The summed E-state index contributed by atoms with van der Waals surface area (Å²) in [5, 5.41) is -0.518. The molecule has 2 aromatic rings. The number of carbonyl (C=O) groups excluding carboxylic acids is 3. The van der Waals surface area contributed by atoms with Gasteiger partial charge in [0.05, 0.1) is 23.1 Å². The van der Waals surface area contributed by atoms with E-state index in [1.54, 1.807) is 25.1 Å². The molecule has 2 amide bonds. The molecule has 1 aliphatic heterocycles. The summed E-state index contributed by atoms with van der Waals surface area (Å²) in [5.41, 5.74) is 1.65. The van der Waals surface area contributed by atoms with Gasteiger partial charge in [0.2, 0.25) is 0 Å². The summed E-state index contributed by atoms with van der Waals surface area (Å²) in [6.45, 7) is 3.66. The Bertz CT molecular complexity index is 1100. The van der Waals surface area contributed by atoms with E-state index in [1.807, 2.05) is 24.3 Å². The first-order valence-electron chi connectivity index (χ1n) is 9.93. The van der Waals surface area contributed by atoms with Gasteiger partial charge in [-0.1, -0.05) is 12.1 Å². The number of halogens is 2. The van der Waals surface area contributed by atoms with Gasteiger partial charge in [0.15, 0.2) is 11.5 Å². The number of hydrogen-bond acceptors (Lipinski definition) is 7.